The lowest BCUT2D eigenvalue weighted by Crippen LogP contribution is -2.52. The molecule has 1 unspecified atom stereocenters. The summed E-state index contributed by atoms with van der Waals surface area (Å²) in [7, 11) is 1.40. The van der Waals surface area contributed by atoms with Crippen molar-refractivity contribution in [3.05, 3.63) is 46.8 Å². The number of hydrogen-bond donors (Lipinski definition) is 1. The highest BCUT2D eigenvalue weighted by atomic mass is 127. The van der Waals surface area contributed by atoms with Gasteiger partial charge in [0.05, 0.1) is 6.20 Å². The van der Waals surface area contributed by atoms with Crippen LogP contribution in [0.25, 0.3) is 0 Å². The van der Waals surface area contributed by atoms with Crippen molar-refractivity contribution in [1.29, 1.82) is 0 Å². The van der Waals surface area contributed by atoms with Crippen molar-refractivity contribution >= 4 is 47.9 Å². The number of carbonyl (C=O) groups is 3. The lowest BCUT2D eigenvalue weighted by atomic mass is 10.0. The molecule has 3 heterocycles. The molecule has 32 heavy (non-hydrogen) atoms. The van der Waals surface area contributed by atoms with Crippen LogP contribution < -0.4 is 5.32 Å². The molecule has 0 radical (unpaired) electrons. The molecule has 162 valence electrons. The van der Waals surface area contributed by atoms with Crippen LogP contribution in [-0.2, 0) is 22.7 Å². The third-order valence-electron chi connectivity index (χ3n) is 5.25. The SMILES string of the molecule is O=C1CCC(N2Cc3c(C#CCCCn4cc(C#CSI)nn4)cccc3C2=O)C(=O)N1. The Morgan fingerprint density at radius 3 is 2.94 bits per heavy atom. The van der Waals surface area contributed by atoms with Crippen molar-refractivity contribution in [2.45, 2.75) is 44.8 Å². The van der Waals surface area contributed by atoms with E-state index in [2.05, 4.69) is 59.8 Å². The first-order chi connectivity index (χ1) is 15.6. The maximum atomic E-state index is 12.9. The fraction of sp³-hybridized carbons (Fsp3) is 0.318. The fourth-order valence-corrected chi connectivity index (χ4v) is 4.20. The molecule has 1 fully saturated rings. The van der Waals surface area contributed by atoms with Crippen molar-refractivity contribution < 1.29 is 14.4 Å². The average Bonchev–Trinajstić information content (AvgIpc) is 3.37. The molecule has 1 aromatic carbocycles. The van der Waals surface area contributed by atoms with Gasteiger partial charge in [-0.3, -0.25) is 24.4 Å². The van der Waals surface area contributed by atoms with Gasteiger partial charge in [0.15, 0.2) is 5.69 Å². The summed E-state index contributed by atoms with van der Waals surface area (Å²) in [4.78, 5) is 38.0. The number of nitrogens with zero attached hydrogens (tertiary/aromatic N) is 4. The zero-order valence-corrected chi connectivity index (χ0v) is 19.9. The van der Waals surface area contributed by atoms with E-state index in [1.165, 1.54) is 8.93 Å². The van der Waals surface area contributed by atoms with Gasteiger partial charge >= 0.3 is 0 Å². The van der Waals surface area contributed by atoms with E-state index in [-0.39, 0.29) is 18.2 Å². The normalized spacial score (nSPS) is 17.2. The summed E-state index contributed by atoms with van der Waals surface area (Å²) in [6, 6.07) is 4.83. The Morgan fingerprint density at radius 1 is 1.25 bits per heavy atom. The number of piperidine rings is 1. The minimum absolute atomic E-state index is 0.191. The van der Waals surface area contributed by atoms with Gasteiger partial charge in [-0.15, -0.1) is 5.10 Å². The number of imide groups is 1. The number of hydrogen-bond acceptors (Lipinski definition) is 6. The van der Waals surface area contributed by atoms with Crippen LogP contribution in [0.15, 0.2) is 24.4 Å². The summed E-state index contributed by atoms with van der Waals surface area (Å²) in [6.07, 6.45) is 3.87. The molecule has 8 nitrogen and oxygen atoms in total. The summed E-state index contributed by atoms with van der Waals surface area (Å²) in [5.41, 5.74) is 2.84. The second-order valence-electron chi connectivity index (χ2n) is 7.31. The number of aryl methyl sites for hydroxylation is 1. The van der Waals surface area contributed by atoms with Gasteiger partial charge in [0.25, 0.3) is 5.91 Å². The molecule has 10 heteroatoms. The van der Waals surface area contributed by atoms with Crippen LogP contribution in [0.5, 0.6) is 0 Å². The van der Waals surface area contributed by atoms with E-state index in [9.17, 15) is 14.4 Å². The molecule has 1 N–H and O–H groups in total. The van der Waals surface area contributed by atoms with Crippen molar-refractivity contribution in [3.63, 3.8) is 0 Å². The Balaban J connectivity index is 1.38. The van der Waals surface area contributed by atoms with Crippen molar-refractivity contribution in [1.82, 2.24) is 25.2 Å². The molecule has 4 rings (SSSR count). The van der Waals surface area contributed by atoms with Crippen LogP contribution in [0.3, 0.4) is 0 Å². The lowest BCUT2D eigenvalue weighted by Gasteiger charge is -2.29. The molecule has 2 aromatic rings. The second kappa shape index (κ2) is 10.2. The minimum Gasteiger partial charge on any atom is -0.322 e. The summed E-state index contributed by atoms with van der Waals surface area (Å²) in [5, 5.41) is 13.3. The largest absolute Gasteiger partial charge is 0.322 e. The van der Waals surface area contributed by atoms with Gasteiger partial charge in [0.1, 0.15) is 6.04 Å². The number of nitrogens with one attached hydrogen (secondary N) is 1. The monoisotopic (exact) mass is 559 g/mol. The topological polar surface area (TPSA) is 97.2 Å². The molecule has 0 saturated carbocycles. The van der Waals surface area contributed by atoms with Crippen LogP contribution in [0.4, 0.5) is 0 Å². The zero-order chi connectivity index (χ0) is 22.5. The Kier molecular flexibility index (Phi) is 7.12. The lowest BCUT2D eigenvalue weighted by molar-refractivity contribution is -0.136. The number of carbonyl (C=O) groups excluding carboxylic acids is 3. The molecule has 3 amide bonds. The Bertz CT molecular complexity index is 1200. The molecule has 1 atom stereocenters. The van der Waals surface area contributed by atoms with Gasteiger partial charge in [-0.05, 0) is 50.6 Å². The highest BCUT2D eigenvalue weighted by molar-refractivity contribution is 14.2. The van der Waals surface area contributed by atoms with Crippen LogP contribution >= 0.6 is 30.1 Å². The number of halogens is 1. The molecule has 2 aliphatic heterocycles. The van der Waals surface area contributed by atoms with E-state index >= 15 is 0 Å². The predicted octanol–water partition coefficient (Wildman–Crippen LogP) is 2.26. The number of rotatable bonds is 4. The van der Waals surface area contributed by atoms with E-state index in [1.807, 2.05) is 12.3 Å². The Hall–Kier alpha value is -2.83. The van der Waals surface area contributed by atoms with Gasteiger partial charge in [0.2, 0.25) is 11.8 Å². The molecule has 1 aromatic heterocycles. The maximum Gasteiger partial charge on any atom is 0.255 e. The van der Waals surface area contributed by atoms with E-state index in [0.717, 1.165) is 17.5 Å². The number of aromatic nitrogens is 3. The Labute approximate surface area is 201 Å². The van der Waals surface area contributed by atoms with Crippen molar-refractivity contribution in [2.75, 3.05) is 0 Å². The summed E-state index contributed by atoms with van der Waals surface area (Å²) in [5.74, 6) is 8.35. The first-order valence-corrected chi connectivity index (χ1v) is 13.4. The molecule has 0 aliphatic carbocycles. The van der Waals surface area contributed by atoms with Gasteiger partial charge in [-0.25, -0.2) is 0 Å². The Morgan fingerprint density at radius 2 is 2.12 bits per heavy atom. The summed E-state index contributed by atoms with van der Waals surface area (Å²) < 4.78 is 1.75. The quantitative estimate of drug-likeness (QED) is 0.267. The molecular weight excluding hydrogens is 541 g/mol. The number of unbranched alkanes of at least 4 members (excludes halogenated alkanes) is 1. The molecule has 2 aliphatic rings. The molecule has 1 saturated heterocycles. The maximum absolute atomic E-state index is 12.9. The van der Waals surface area contributed by atoms with Gasteiger partial charge in [-0.2, -0.15) is 0 Å². The highest BCUT2D eigenvalue weighted by Crippen LogP contribution is 2.29. The second-order valence-corrected chi connectivity index (χ2v) is 8.99. The third-order valence-corrected chi connectivity index (χ3v) is 6.09. The van der Waals surface area contributed by atoms with Crippen LogP contribution in [0.2, 0.25) is 0 Å². The smallest absolute Gasteiger partial charge is 0.255 e. The minimum atomic E-state index is -0.624. The van der Waals surface area contributed by atoms with Gasteiger partial charge < -0.3 is 4.90 Å². The average molecular weight is 559 g/mol. The van der Waals surface area contributed by atoms with Gasteiger partial charge in [0, 0.05) is 58.3 Å². The number of amides is 3. The summed E-state index contributed by atoms with van der Waals surface area (Å²) in [6.45, 7) is 1.01. The van der Waals surface area contributed by atoms with E-state index in [4.69, 9.17) is 0 Å². The zero-order valence-electron chi connectivity index (χ0n) is 16.9. The van der Waals surface area contributed by atoms with Crippen molar-refractivity contribution in [2.24, 2.45) is 0 Å². The van der Waals surface area contributed by atoms with Crippen LogP contribution in [0.1, 0.15) is 52.9 Å². The first kappa shape index (κ1) is 22.4. The number of fused-ring (bicyclic) bond motifs is 1. The number of benzene rings is 1. The standard InChI is InChI=1S/C22H18IN5O3S/c23-32-12-10-16-13-27(26-25-16)11-3-1-2-5-15-6-4-7-17-18(15)14-28(22(17)31)19-8-9-20(29)24-21(19)30/h4,6-7,13,19H,1,3,8-9,11,14H2,(H,24,29,30). The predicted molar refractivity (Wildman–Crippen MR) is 127 cm³/mol. The summed E-state index contributed by atoms with van der Waals surface area (Å²) >= 11 is 2.10. The van der Waals surface area contributed by atoms with Crippen LogP contribution in [0, 0.1) is 23.0 Å². The molecule has 0 spiro atoms. The van der Waals surface area contributed by atoms with Crippen molar-refractivity contribution in [3.8, 4) is 23.0 Å². The van der Waals surface area contributed by atoms with E-state index in [1.54, 1.807) is 21.7 Å². The van der Waals surface area contributed by atoms with Crippen LogP contribution in [-0.4, -0.2) is 43.7 Å². The molecule has 0 bridgehead atoms. The van der Waals surface area contributed by atoms with Gasteiger partial charge in [-0.1, -0.05) is 23.1 Å². The van der Waals surface area contributed by atoms with E-state index in [0.29, 0.717) is 37.2 Å². The highest BCUT2D eigenvalue weighted by Gasteiger charge is 2.39. The first-order valence-electron chi connectivity index (χ1n) is 10.0. The third kappa shape index (κ3) is 4.97. The molecular formula is C22H18IN5O3S. The van der Waals surface area contributed by atoms with E-state index < -0.39 is 11.9 Å². The fourth-order valence-electron chi connectivity index (χ4n) is 3.73.